The predicted octanol–water partition coefficient (Wildman–Crippen LogP) is 2.90. The minimum atomic E-state index is -2.67. The van der Waals surface area contributed by atoms with Crippen LogP contribution in [0.3, 0.4) is 0 Å². The van der Waals surface area contributed by atoms with Crippen molar-refractivity contribution in [3.63, 3.8) is 0 Å². The van der Waals surface area contributed by atoms with E-state index in [1.807, 2.05) is 0 Å². The summed E-state index contributed by atoms with van der Waals surface area (Å²) in [4.78, 5) is 17.8. The van der Waals surface area contributed by atoms with E-state index < -0.39 is 6.43 Å². The third kappa shape index (κ3) is 2.23. The first-order valence-corrected chi connectivity index (χ1v) is 5.35. The van der Waals surface area contributed by atoms with Crippen molar-refractivity contribution in [1.29, 1.82) is 0 Å². The molecular weight excluding hydrogens is 296 g/mol. The van der Waals surface area contributed by atoms with E-state index in [9.17, 15) is 13.6 Å². The number of pyridine rings is 2. The van der Waals surface area contributed by atoms with Crippen LogP contribution in [0.1, 0.15) is 12.1 Å². The van der Waals surface area contributed by atoms with Crippen molar-refractivity contribution >= 4 is 38.9 Å². The van der Waals surface area contributed by atoms with Gasteiger partial charge in [0, 0.05) is 27.6 Å². The van der Waals surface area contributed by atoms with E-state index in [4.69, 9.17) is 0 Å². The number of aromatic nitrogens is 2. The summed E-state index contributed by atoms with van der Waals surface area (Å²) in [5.74, 6) is 0.291. The molecule has 0 fully saturated rings. The highest BCUT2D eigenvalue weighted by atomic mass is 79.9. The van der Waals surface area contributed by atoms with Crippen molar-refractivity contribution in [2.75, 3.05) is 5.32 Å². The number of hydrogen-bond donors (Lipinski definition) is 1. The molecule has 2 aromatic heterocycles. The van der Waals surface area contributed by atoms with Crippen LogP contribution in [0, 0.1) is 0 Å². The number of rotatable bonds is 3. The maximum Gasteiger partial charge on any atom is 0.281 e. The first kappa shape index (κ1) is 11.8. The largest absolute Gasteiger partial charge is 0.313 e. The van der Waals surface area contributed by atoms with Gasteiger partial charge in [-0.05, 0) is 22.0 Å². The lowest BCUT2D eigenvalue weighted by molar-refractivity contribution is -0.105. The number of carbonyl (C=O) groups excluding carboxylic acids is 1. The Morgan fingerprint density at radius 1 is 1.29 bits per heavy atom. The van der Waals surface area contributed by atoms with Crippen LogP contribution in [0.4, 0.5) is 14.6 Å². The SMILES string of the molecule is O=CNc1cc2c(Br)cnc(C(F)F)c2cn1. The molecule has 2 aromatic rings. The molecule has 1 amide bonds. The quantitative estimate of drug-likeness (QED) is 0.887. The van der Waals surface area contributed by atoms with Gasteiger partial charge < -0.3 is 5.32 Å². The fourth-order valence-electron chi connectivity index (χ4n) is 1.44. The molecule has 0 aliphatic carbocycles. The summed E-state index contributed by atoms with van der Waals surface area (Å²) in [6.45, 7) is 0. The van der Waals surface area contributed by atoms with Crippen LogP contribution in [0.15, 0.2) is 22.9 Å². The molecule has 0 saturated heterocycles. The number of halogens is 3. The lowest BCUT2D eigenvalue weighted by Crippen LogP contribution is -1.98. The molecule has 2 heterocycles. The summed E-state index contributed by atoms with van der Waals surface area (Å²) in [6, 6.07) is 1.50. The van der Waals surface area contributed by atoms with Gasteiger partial charge in [-0.3, -0.25) is 9.78 Å². The van der Waals surface area contributed by atoms with Gasteiger partial charge in [0.15, 0.2) is 0 Å². The average Bonchev–Trinajstić information content (AvgIpc) is 2.30. The Balaban J connectivity index is 2.68. The van der Waals surface area contributed by atoms with Crippen LogP contribution in [-0.2, 0) is 4.79 Å². The first-order chi connectivity index (χ1) is 8.13. The maximum atomic E-state index is 12.7. The third-order valence-electron chi connectivity index (χ3n) is 2.17. The number of amides is 1. The molecular formula is C10H6BrF2N3O. The molecule has 0 radical (unpaired) electrons. The van der Waals surface area contributed by atoms with E-state index in [0.29, 0.717) is 22.1 Å². The second-order valence-electron chi connectivity index (χ2n) is 3.17. The van der Waals surface area contributed by atoms with Gasteiger partial charge in [0.05, 0.1) is 0 Å². The van der Waals surface area contributed by atoms with Crippen molar-refractivity contribution in [3.05, 3.63) is 28.6 Å². The fourth-order valence-corrected chi connectivity index (χ4v) is 1.87. The molecule has 88 valence electrons. The van der Waals surface area contributed by atoms with Crippen LogP contribution < -0.4 is 5.32 Å². The van der Waals surface area contributed by atoms with Gasteiger partial charge in [0.1, 0.15) is 11.5 Å². The normalized spacial score (nSPS) is 10.8. The summed E-state index contributed by atoms with van der Waals surface area (Å²) in [5.41, 5.74) is -0.326. The van der Waals surface area contributed by atoms with Gasteiger partial charge in [-0.15, -0.1) is 0 Å². The Morgan fingerprint density at radius 2 is 2.06 bits per heavy atom. The summed E-state index contributed by atoms with van der Waals surface area (Å²) in [6.07, 6.45) is 0.365. The summed E-state index contributed by atoms with van der Waals surface area (Å²) in [7, 11) is 0. The predicted molar refractivity (Wildman–Crippen MR) is 61.9 cm³/mol. The zero-order chi connectivity index (χ0) is 12.4. The molecule has 0 aliphatic heterocycles. The van der Waals surface area contributed by atoms with Gasteiger partial charge in [-0.1, -0.05) is 0 Å². The minimum absolute atomic E-state index is 0.255. The third-order valence-corrected chi connectivity index (χ3v) is 2.80. The Labute approximate surface area is 103 Å². The molecule has 0 saturated carbocycles. The molecule has 0 spiro atoms. The number of alkyl halides is 2. The second-order valence-corrected chi connectivity index (χ2v) is 4.02. The van der Waals surface area contributed by atoms with Crippen LogP contribution in [0.2, 0.25) is 0 Å². The highest BCUT2D eigenvalue weighted by Crippen LogP contribution is 2.31. The highest BCUT2D eigenvalue weighted by Gasteiger charge is 2.15. The fraction of sp³-hybridized carbons (Fsp3) is 0.100. The highest BCUT2D eigenvalue weighted by molar-refractivity contribution is 9.10. The van der Waals surface area contributed by atoms with Crippen LogP contribution >= 0.6 is 15.9 Å². The molecule has 0 aromatic carbocycles. The van der Waals surface area contributed by atoms with Crippen molar-refractivity contribution < 1.29 is 13.6 Å². The minimum Gasteiger partial charge on any atom is -0.313 e. The van der Waals surface area contributed by atoms with Gasteiger partial charge >= 0.3 is 0 Å². The Morgan fingerprint density at radius 3 is 2.71 bits per heavy atom. The smallest absolute Gasteiger partial charge is 0.281 e. The van der Waals surface area contributed by atoms with Crippen LogP contribution in [-0.4, -0.2) is 16.4 Å². The molecule has 4 nitrogen and oxygen atoms in total. The molecule has 1 N–H and O–H groups in total. The van der Waals surface area contributed by atoms with Gasteiger partial charge in [0.2, 0.25) is 6.41 Å². The van der Waals surface area contributed by atoms with Gasteiger partial charge in [-0.25, -0.2) is 13.8 Å². The second kappa shape index (κ2) is 4.70. The van der Waals surface area contributed by atoms with Crippen LogP contribution in [0.5, 0.6) is 0 Å². The van der Waals surface area contributed by atoms with E-state index >= 15 is 0 Å². The lowest BCUT2D eigenvalue weighted by Gasteiger charge is -2.07. The number of nitrogens with zero attached hydrogens (tertiary/aromatic N) is 2. The molecule has 0 bridgehead atoms. The topological polar surface area (TPSA) is 54.9 Å². The average molecular weight is 302 g/mol. The Hall–Kier alpha value is -1.63. The molecule has 17 heavy (non-hydrogen) atoms. The maximum absolute atomic E-state index is 12.7. The summed E-state index contributed by atoms with van der Waals surface area (Å²) >= 11 is 3.21. The molecule has 0 atom stereocenters. The standard InChI is InChI=1S/C10H6BrF2N3O/c11-7-3-15-9(10(12)13)6-2-14-8(16-4-17)1-5(6)7/h1-4,10H,(H,14,16,17). The number of carbonyl (C=O) groups is 1. The Kier molecular flexibility index (Phi) is 3.28. The molecule has 2 rings (SSSR count). The van der Waals surface area contributed by atoms with E-state index in [1.165, 1.54) is 18.5 Å². The zero-order valence-corrected chi connectivity index (χ0v) is 9.91. The van der Waals surface area contributed by atoms with Crippen molar-refractivity contribution in [1.82, 2.24) is 9.97 Å². The lowest BCUT2D eigenvalue weighted by atomic mass is 10.1. The van der Waals surface area contributed by atoms with Gasteiger partial charge in [0.25, 0.3) is 6.43 Å². The summed E-state index contributed by atoms with van der Waals surface area (Å²) < 4.78 is 26.0. The van der Waals surface area contributed by atoms with Crippen molar-refractivity contribution in [2.45, 2.75) is 6.43 Å². The number of nitrogens with one attached hydrogen (secondary N) is 1. The van der Waals surface area contributed by atoms with Gasteiger partial charge in [-0.2, -0.15) is 0 Å². The van der Waals surface area contributed by atoms with E-state index in [1.54, 1.807) is 0 Å². The number of hydrogen-bond acceptors (Lipinski definition) is 3. The Bertz CT molecular complexity index is 577. The number of anilines is 1. The van der Waals surface area contributed by atoms with E-state index in [0.717, 1.165) is 0 Å². The molecule has 7 heteroatoms. The summed E-state index contributed by atoms with van der Waals surface area (Å²) in [5, 5.41) is 3.13. The molecule has 0 unspecified atom stereocenters. The van der Waals surface area contributed by atoms with E-state index in [-0.39, 0.29) is 11.1 Å². The zero-order valence-electron chi connectivity index (χ0n) is 8.32. The monoisotopic (exact) mass is 301 g/mol. The van der Waals surface area contributed by atoms with Crippen molar-refractivity contribution in [2.24, 2.45) is 0 Å². The van der Waals surface area contributed by atoms with Crippen molar-refractivity contribution in [3.8, 4) is 0 Å². The molecule has 0 aliphatic rings. The first-order valence-electron chi connectivity index (χ1n) is 4.56. The van der Waals surface area contributed by atoms with E-state index in [2.05, 4.69) is 31.2 Å². The van der Waals surface area contributed by atoms with Crippen LogP contribution in [0.25, 0.3) is 10.8 Å². The number of fused-ring (bicyclic) bond motifs is 1.